The molecule has 0 aromatic carbocycles. The van der Waals surface area contributed by atoms with Gasteiger partial charge in [0.1, 0.15) is 6.71 Å². The topological polar surface area (TPSA) is 9.23 Å². The maximum Gasteiger partial charge on any atom is 0.144 e. The standard InChI is InChI=1S/C8H17BO/c1-2-3-4-9-5-7-10-8-6-9/h2-8H2,1H3. The van der Waals surface area contributed by atoms with Crippen molar-refractivity contribution in [3.8, 4) is 0 Å². The summed E-state index contributed by atoms with van der Waals surface area (Å²) in [6, 6.07) is 0. The van der Waals surface area contributed by atoms with Gasteiger partial charge in [-0.3, -0.25) is 0 Å². The number of rotatable bonds is 3. The number of unbranched alkanes of at least 4 members (excludes halogenated alkanes) is 1. The maximum atomic E-state index is 5.28. The lowest BCUT2D eigenvalue weighted by atomic mass is 9.42. The first kappa shape index (κ1) is 8.12. The summed E-state index contributed by atoms with van der Waals surface area (Å²) in [7, 11) is 0. The molecule has 0 aromatic rings. The van der Waals surface area contributed by atoms with Crippen LogP contribution in [0.25, 0.3) is 0 Å². The fourth-order valence-corrected chi connectivity index (χ4v) is 1.53. The first-order valence-corrected chi connectivity index (χ1v) is 4.51. The third-order valence-corrected chi connectivity index (χ3v) is 2.31. The summed E-state index contributed by atoms with van der Waals surface area (Å²) in [5.41, 5.74) is 0. The Morgan fingerprint density at radius 3 is 2.60 bits per heavy atom. The molecular weight excluding hydrogens is 123 g/mol. The van der Waals surface area contributed by atoms with Gasteiger partial charge in [-0.2, -0.15) is 0 Å². The van der Waals surface area contributed by atoms with Gasteiger partial charge < -0.3 is 4.74 Å². The zero-order valence-corrected chi connectivity index (χ0v) is 6.94. The van der Waals surface area contributed by atoms with Crippen LogP contribution in [0.15, 0.2) is 0 Å². The second-order valence-corrected chi connectivity index (χ2v) is 3.20. The van der Waals surface area contributed by atoms with Gasteiger partial charge in [-0.25, -0.2) is 0 Å². The molecule has 1 rings (SSSR count). The predicted octanol–water partition coefficient (Wildman–Crippen LogP) is 2.31. The average Bonchev–Trinajstić information content (AvgIpc) is 2.03. The van der Waals surface area contributed by atoms with Gasteiger partial charge in [-0.05, 0) is 0 Å². The molecule has 0 aromatic heterocycles. The third-order valence-electron chi connectivity index (χ3n) is 2.31. The highest BCUT2D eigenvalue weighted by Crippen LogP contribution is 2.14. The monoisotopic (exact) mass is 140 g/mol. The lowest BCUT2D eigenvalue weighted by Gasteiger charge is -2.18. The van der Waals surface area contributed by atoms with Crippen LogP contribution in [0.2, 0.25) is 19.0 Å². The van der Waals surface area contributed by atoms with Crippen LogP contribution in [-0.2, 0) is 4.74 Å². The zero-order valence-electron chi connectivity index (χ0n) is 6.94. The molecule has 0 N–H and O–H groups in total. The molecule has 0 spiro atoms. The van der Waals surface area contributed by atoms with Crippen LogP contribution in [0.3, 0.4) is 0 Å². The summed E-state index contributed by atoms with van der Waals surface area (Å²) in [4.78, 5) is 0. The lowest BCUT2D eigenvalue weighted by molar-refractivity contribution is 0.150. The molecule has 58 valence electrons. The van der Waals surface area contributed by atoms with E-state index in [-0.39, 0.29) is 0 Å². The molecular formula is C8H17BO. The van der Waals surface area contributed by atoms with E-state index in [9.17, 15) is 0 Å². The lowest BCUT2D eigenvalue weighted by Crippen LogP contribution is -2.22. The molecule has 0 saturated carbocycles. The second-order valence-electron chi connectivity index (χ2n) is 3.20. The molecule has 0 radical (unpaired) electrons. The van der Waals surface area contributed by atoms with Crippen molar-refractivity contribution in [2.75, 3.05) is 13.2 Å². The van der Waals surface area contributed by atoms with Crippen molar-refractivity contribution in [3.63, 3.8) is 0 Å². The first-order valence-electron chi connectivity index (χ1n) is 4.51. The van der Waals surface area contributed by atoms with Crippen LogP contribution < -0.4 is 0 Å². The van der Waals surface area contributed by atoms with Crippen LogP contribution in [0, 0.1) is 0 Å². The third kappa shape index (κ3) is 2.74. The molecule has 0 bridgehead atoms. The Balaban J connectivity index is 2.02. The second kappa shape index (κ2) is 4.78. The quantitative estimate of drug-likeness (QED) is 0.546. The molecule has 0 unspecified atom stereocenters. The van der Waals surface area contributed by atoms with Crippen molar-refractivity contribution in [2.24, 2.45) is 0 Å². The van der Waals surface area contributed by atoms with Gasteiger partial charge in [-0.1, -0.05) is 38.7 Å². The van der Waals surface area contributed by atoms with E-state index < -0.39 is 0 Å². The highest BCUT2D eigenvalue weighted by Gasteiger charge is 2.15. The number of ether oxygens (including phenoxy) is 1. The van der Waals surface area contributed by atoms with E-state index in [0.717, 1.165) is 19.9 Å². The van der Waals surface area contributed by atoms with E-state index in [1.807, 2.05) is 0 Å². The Labute approximate surface area is 64.2 Å². The Morgan fingerprint density at radius 2 is 2.00 bits per heavy atom. The normalized spacial score (nSPS) is 19.5. The van der Waals surface area contributed by atoms with Gasteiger partial charge in [0.25, 0.3) is 0 Å². The average molecular weight is 140 g/mol. The van der Waals surface area contributed by atoms with Crippen molar-refractivity contribution < 1.29 is 4.74 Å². The molecule has 1 saturated heterocycles. The Kier molecular flexibility index (Phi) is 3.88. The molecule has 0 atom stereocenters. The molecule has 1 heterocycles. The van der Waals surface area contributed by atoms with E-state index in [1.54, 1.807) is 0 Å². The van der Waals surface area contributed by atoms with Crippen molar-refractivity contribution in [1.29, 1.82) is 0 Å². The molecule has 1 nitrogen and oxygen atoms in total. The summed E-state index contributed by atoms with van der Waals surface area (Å²) in [6.45, 7) is 5.26. The molecule has 2 heteroatoms. The van der Waals surface area contributed by atoms with Crippen molar-refractivity contribution in [1.82, 2.24) is 0 Å². The maximum absolute atomic E-state index is 5.28. The van der Waals surface area contributed by atoms with Crippen LogP contribution in [0.5, 0.6) is 0 Å². The number of hydrogen-bond donors (Lipinski definition) is 0. The molecule has 1 fully saturated rings. The zero-order chi connectivity index (χ0) is 7.23. The highest BCUT2D eigenvalue weighted by molar-refractivity contribution is 6.59. The molecule has 10 heavy (non-hydrogen) atoms. The minimum atomic E-state index is 0.980. The van der Waals surface area contributed by atoms with Crippen LogP contribution in [0.4, 0.5) is 0 Å². The Hall–Kier alpha value is 0.0249. The van der Waals surface area contributed by atoms with E-state index in [4.69, 9.17) is 4.74 Å². The fraction of sp³-hybridized carbons (Fsp3) is 1.00. The van der Waals surface area contributed by atoms with Crippen LogP contribution >= 0.6 is 0 Å². The van der Waals surface area contributed by atoms with Gasteiger partial charge in [0.05, 0.1) is 0 Å². The minimum Gasteiger partial charge on any atom is -0.383 e. The van der Waals surface area contributed by atoms with Gasteiger partial charge in [0.2, 0.25) is 0 Å². The van der Waals surface area contributed by atoms with E-state index in [2.05, 4.69) is 6.92 Å². The Morgan fingerprint density at radius 1 is 1.30 bits per heavy atom. The minimum absolute atomic E-state index is 0.980. The van der Waals surface area contributed by atoms with Gasteiger partial charge in [0.15, 0.2) is 0 Å². The van der Waals surface area contributed by atoms with Crippen molar-refractivity contribution in [3.05, 3.63) is 0 Å². The SMILES string of the molecule is CCCCB1CCOCC1. The summed E-state index contributed by atoms with van der Waals surface area (Å²) in [6.07, 6.45) is 6.79. The summed E-state index contributed by atoms with van der Waals surface area (Å²) in [5, 5.41) is 0. The predicted molar refractivity (Wildman–Crippen MR) is 45.9 cm³/mol. The largest absolute Gasteiger partial charge is 0.383 e. The summed E-state index contributed by atoms with van der Waals surface area (Å²) in [5.74, 6) is 0. The molecule has 1 aliphatic rings. The fourth-order valence-electron chi connectivity index (χ4n) is 1.53. The highest BCUT2D eigenvalue weighted by atomic mass is 16.5. The van der Waals surface area contributed by atoms with Gasteiger partial charge in [-0.15, -0.1) is 0 Å². The van der Waals surface area contributed by atoms with E-state index in [1.165, 1.54) is 31.8 Å². The van der Waals surface area contributed by atoms with Crippen LogP contribution in [0.1, 0.15) is 19.8 Å². The Bertz CT molecular complexity index is 79.3. The van der Waals surface area contributed by atoms with E-state index in [0.29, 0.717) is 0 Å². The van der Waals surface area contributed by atoms with Crippen LogP contribution in [-0.4, -0.2) is 19.9 Å². The molecule has 1 aliphatic heterocycles. The smallest absolute Gasteiger partial charge is 0.144 e. The van der Waals surface area contributed by atoms with Gasteiger partial charge in [0, 0.05) is 13.2 Å². The summed E-state index contributed by atoms with van der Waals surface area (Å²) >= 11 is 0. The molecule has 0 aliphatic carbocycles. The van der Waals surface area contributed by atoms with E-state index >= 15 is 0 Å². The molecule has 0 amide bonds. The first-order chi connectivity index (χ1) is 4.93. The van der Waals surface area contributed by atoms with Crippen molar-refractivity contribution >= 4 is 6.71 Å². The van der Waals surface area contributed by atoms with Gasteiger partial charge >= 0.3 is 0 Å². The van der Waals surface area contributed by atoms with Crippen molar-refractivity contribution in [2.45, 2.75) is 38.7 Å². The summed E-state index contributed by atoms with van der Waals surface area (Å²) < 4.78 is 5.28. The number of hydrogen-bond acceptors (Lipinski definition) is 1.